The monoisotopic (exact) mass is 280 g/mol. The summed E-state index contributed by atoms with van der Waals surface area (Å²) in [6.45, 7) is 6.41. The molecule has 0 aromatic carbocycles. The fourth-order valence-corrected chi connectivity index (χ4v) is 4.27. The van der Waals surface area contributed by atoms with Gasteiger partial charge in [-0.15, -0.1) is 0 Å². The quantitative estimate of drug-likeness (QED) is 0.525. The SMILES string of the molecule is CC[Si](CC)(CC)OC(=O)CCCBr. The standard InChI is InChI=1S/C10H21BrO2Si/c1-4-14(5-2,6-3)13-10(12)8-7-9-11/h4-9H2,1-3H3. The van der Waals surface area contributed by atoms with E-state index in [4.69, 9.17) is 4.43 Å². The van der Waals surface area contributed by atoms with E-state index in [0.29, 0.717) is 6.42 Å². The summed E-state index contributed by atoms with van der Waals surface area (Å²) in [6, 6.07) is 3.13. The average Bonchev–Trinajstić information content (AvgIpc) is 2.23. The van der Waals surface area contributed by atoms with Crippen LogP contribution in [0.3, 0.4) is 0 Å². The molecule has 4 heteroatoms. The van der Waals surface area contributed by atoms with Crippen LogP contribution in [0.5, 0.6) is 0 Å². The van der Waals surface area contributed by atoms with Gasteiger partial charge < -0.3 is 4.43 Å². The smallest absolute Gasteiger partial charge is 0.292 e. The Morgan fingerprint density at radius 2 is 1.71 bits per heavy atom. The van der Waals surface area contributed by atoms with Crippen LogP contribution in [0.25, 0.3) is 0 Å². The molecule has 0 heterocycles. The second-order valence-electron chi connectivity index (χ2n) is 3.51. The normalized spacial score (nSPS) is 11.4. The van der Waals surface area contributed by atoms with Crippen molar-refractivity contribution in [2.45, 2.75) is 51.7 Å². The van der Waals surface area contributed by atoms with E-state index in [2.05, 4.69) is 36.7 Å². The maximum absolute atomic E-state index is 11.5. The highest BCUT2D eigenvalue weighted by Gasteiger charge is 2.32. The number of carbonyl (C=O) groups is 1. The van der Waals surface area contributed by atoms with Gasteiger partial charge in [-0.3, -0.25) is 4.79 Å². The summed E-state index contributed by atoms with van der Waals surface area (Å²) in [5, 5.41) is 0.876. The molecule has 0 atom stereocenters. The van der Waals surface area contributed by atoms with Crippen molar-refractivity contribution >= 4 is 30.2 Å². The Hall–Kier alpha value is 0.167. The maximum atomic E-state index is 11.5. The molecule has 0 rings (SSSR count). The third-order valence-corrected chi connectivity index (χ3v) is 7.87. The molecule has 0 aromatic heterocycles. The first kappa shape index (κ1) is 14.2. The van der Waals surface area contributed by atoms with Gasteiger partial charge in [0.2, 0.25) is 0 Å². The van der Waals surface area contributed by atoms with E-state index in [0.717, 1.165) is 29.9 Å². The highest BCUT2D eigenvalue weighted by atomic mass is 79.9. The van der Waals surface area contributed by atoms with Gasteiger partial charge in [-0.05, 0) is 24.6 Å². The lowest BCUT2D eigenvalue weighted by molar-refractivity contribution is -0.135. The van der Waals surface area contributed by atoms with E-state index >= 15 is 0 Å². The van der Waals surface area contributed by atoms with Gasteiger partial charge in [-0.1, -0.05) is 36.7 Å². The Bertz CT molecular complexity index is 161. The molecule has 84 valence electrons. The van der Waals surface area contributed by atoms with Crippen molar-refractivity contribution in [3.63, 3.8) is 0 Å². The van der Waals surface area contributed by atoms with E-state index in [-0.39, 0.29) is 5.97 Å². The van der Waals surface area contributed by atoms with Crippen LogP contribution in [-0.4, -0.2) is 19.6 Å². The predicted molar refractivity (Wildman–Crippen MR) is 66.3 cm³/mol. The van der Waals surface area contributed by atoms with E-state index in [1.807, 2.05) is 0 Å². The molecule has 0 aliphatic heterocycles. The molecule has 0 amide bonds. The van der Waals surface area contributed by atoms with Crippen LogP contribution in [0.4, 0.5) is 0 Å². The van der Waals surface area contributed by atoms with E-state index in [9.17, 15) is 4.79 Å². The van der Waals surface area contributed by atoms with E-state index in [1.165, 1.54) is 0 Å². The Labute approximate surface area is 96.7 Å². The lowest BCUT2D eigenvalue weighted by atomic mass is 10.3. The lowest BCUT2D eigenvalue weighted by Crippen LogP contribution is -2.38. The summed E-state index contributed by atoms with van der Waals surface area (Å²) in [7, 11) is -1.70. The van der Waals surface area contributed by atoms with Gasteiger partial charge in [0, 0.05) is 11.8 Å². The molecular formula is C10H21BrO2Si. The number of halogens is 1. The van der Waals surface area contributed by atoms with Gasteiger partial charge in [0.1, 0.15) is 0 Å². The van der Waals surface area contributed by atoms with Crippen LogP contribution in [0.15, 0.2) is 0 Å². The molecule has 0 fully saturated rings. The van der Waals surface area contributed by atoms with Crippen LogP contribution in [0, 0.1) is 0 Å². The second-order valence-corrected chi connectivity index (χ2v) is 8.99. The molecule has 0 aliphatic carbocycles. The van der Waals surface area contributed by atoms with Gasteiger partial charge in [-0.25, -0.2) is 0 Å². The topological polar surface area (TPSA) is 26.3 Å². The maximum Gasteiger partial charge on any atom is 0.292 e. The third kappa shape index (κ3) is 4.60. The highest BCUT2D eigenvalue weighted by molar-refractivity contribution is 9.09. The fourth-order valence-electron chi connectivity index (χ4n) is 1.47. The van der Waals surface area contributed by atoms with Crippen molar-refractivity contribution in [2.24, 2.45) is 0 Å². The van der Waals surface area contributed by atoms with Crippen molar-refractivity contribution in [3.8, 4) is 0 Å². The van der Waals surface area contributed by atoms with Gasteiger partial charge in [0.05, 0.1) is 0 Å². The van der Waals surface area contributed by atoms with Gasteiger partial charge in [0.25, 0.3) is 14.3 Å². The molecule has 0 saturated heterocycles. The summed E-state index contributed by atoms with van der Waals surface area (Å²) >= 11 is 3.31. The van der Waals surface area contributed by atoms with Gasteiger partial charge >= 0.3 is 0 Å². The highest BCUT2D eigenvalue weighted by Crippen LogP contribution is 2.22. The van der Waals surface area contributed by atoms with E-state index < -0.39 is 8.32 Å². The molecule has 0 N–H and O–H groups in total. The number of alkyl halides is 1. The number of hydrogen-bond donors (Lipinski definition) is 0. The Kier molecular flexibility index (Phi) is 7.55. The zero-order chi connectivity index (χ0) is 11.0. The predicted octanol–water partition coefficient (Wildman–Crippen LogP) is 3.71. The molecule has 0 bridgehead atoms. The lowest BCUT2D eigenvalue weighted by Gasteiger charge is -2.27. The van der Waals surface area contributed by atoms with Crippen LogP contribution < -0.4 is 0 Å². The van der Waals surface area contributed by atoms with Crippen molar-refractivity contribution in [2.75, 3.05) is 5.33 Å². The molecule has 0 radical (unpaired) electrons. The largest absolute Gasteiger partial charge is 0.519 e. The molecule has 0 saturated carbocycles. The summed E-state index contributed by atoms with van der Waals surface area (Å²) in [5.74, 6) is 0.00154. The molecule has 2 nitrogen and oxygen atoms in total. The minimum atomic E-state index is -1.70. The zero-order valence-electron chi connectivity index (χ0n) is 9.44. The van der Waals surface area contributed by atoms with Crippen LogP contribution in [0.1, 0.15) is 33.6 Å². The summed E-state index contributed by atoms with van der Waals surface area (Å²) < 4.78 is 5.67. The molecule has 0 unspecified atom stereocenters. The fraction of sp³-hybridized carbons (Fsp3) is 0.900. The van der Waals surface area contributed by atoms with Crippen molar-refractivity contribution in [3.05, 3.63) is 0 Å². The Morgan fingerprint density at radius 3 is 2.07 bits per heavy atom. The van der Waals surface area contributed by atoms with Crippen LogP contribution in [0.2, 0.25) is 18.1 Å². The molecule has 14 heavy (non-hydrogen) atoms. The number of carbonyl (C=O) groups excluding carboxylic acids is 1. The first-order valence-electron chi connectivity index (χ1n) is 5.42. The van der Waals surface area contributed by atoms with Crippen LogP contribution in [-0.2, 0) is 9.22 Å². The zero-order valence-corrected chi connectivity index (χ0v) is 12.0. The number of hydrogen-bond acceptors (Lipinski definition) is 2. The summed E-state index contributed by atoms with van der Waals surface area (Å²) in [6.07, 6.45) is 1.43. The summed E-state index contributed by atoms with van der Waals surface area (Å²) in [5.41, 5.74) is 0. The molecule has 0 aliphatic rings. The number of rotatable bonds is 7. The summed E-state index contributed by atoms with van der Waals surface area (Å²) in [4.78, 5) is 11.5. The minimum Gasteiger partial charge on any atom is -0.519 e. The Balaban J connectivity index is 4.08. The van der Waals surface area contributed by atoms with E-state index in [1.54, 1.807) is 0 Å². The Morgan fingerprint density at radius 1 is 1.21 bits per heavy atom. The molecule has 0 spiro atoms. The van der Waals surface area contributed by atoms with Crippen LogP contribution >= 0.6 is 15.9 Å². The van der Waals surface area contributed by atoms with Crippen molar-refractivity contribution in [1.82, 2.24) is 0 Å². The third-order valence-electron chi connectivity index (χ3n) is 2.78. The average molecular weight is 281 g/mol. The van der Waals surface area contributed by atoms with Gasteiger partial charge in [0.15, 0.2) is 0 Å². The second kappa shape index (κ2) is 7.46. The minimum absolute atomic E-state index is 0.00154. The van der Waals surface area contributed by atoms with Crippen molar-refractivity contribution < 1.29 is 9.22 Å². The molecular weight excluding hydrogens is 260 g/mol. The first-order valence-corrected chi connectivity index (χ1v) is 9.07. The first-order chi connectivity index (χ1) is 6.64. The molecule has 0 aromatic rings. The van der Waals surface area contributed by atoms with Gasteiger partial charge in [-0.2, -0.15) is 0 Å². The van der Waals surface area contributed by atoms with Crippen molar-refractivity contribution in [1.29, 1.82) is 0 Å².